The molecule has 0 bridgehead atoms. The zero-order valence-corrected chi connectivity index (χ0v) is 20.8. The van der Waals surface area contributed by atoms with Crippen LogP contribution in [-0.4, -0.2) is 22.0 Å². The third-order valence-corrected chi connectivity index (χ3v) is 26.0. The second kappa shape index (κ2) is 14.4. The first-order valence-corrected chi connectivity index (χ1v) is 18.3. The van der Waals surface area contributed by atoms with E-state index in [0.717, 1.165) is 6.61 Å². The van der Waals surface area contributed by atoms with E-state index in [-0.39, 0.29) is 0 Å². The van der Waals surface area contributed by atoms with Crippen molar-refractivity contribution in [1.82, 2.24) is 0 Å². The Hall–Kier alpha value is 0.394. The average molecular weight is 399 g/mol. The summed E-state index contributed by atoms with van der Waals surface area (Å²) in [5, 5.41) is 0. The Kier molecular flexibility index (Phi) is 13.5. The molecule has 1 aliphatic rings. The molecule has 156 valence electrons. The van der Waals surface area contributed by atoms with Gasteiger partial charge in [-0.15, -0.1) is 0 Å². The summed E-state index contributed by atoms with van der Waals surface area (Å²) in [7, 11) is -2.72. The molecule has 0 aromatic rings. The first-order chi connectivity index (χ1) is 12.7. The Morgan fingerprint density at radius 2 is 1.00 bits per heavy atom. The summed E-state index contributed by atoms with van der Waals surface area (Å²) >= 11 is 0. The molecule has 1 heterocycles. The van der Waals surface area contributed by atoms with Crippen molar-refractivity contribution in [3.63, 3.8) is 0 Å². The predicted octanol–water partition coefficient (Wildman–Crippen LogP) is 8.64. The molecule has 0 aromatic heterocycles. The fraction of sp³-hybridized carbons (Fsp3) is 1.00. The molecule has 1 saturated heterocycles. The minimum atomic E-state index is -1.50. The zero-order valence-electron chi connectivity index (χ0n) is 18.8. The molecule has 1 aliphatic heterocycles. The van der Waals surface area contributed by atoms with Gasteiger partial charge in [0.1, 0.15) is 0 Å². The second-order valence-corrected chi connectivity index (χ2v) is 22.3. The monoisotopic (exact) mass is 398 g/mol. The first kappa shape index (κ1) is 24.4. The molecule has 0 aliphatic carbocycles. The van der Waals surface area contributed by atoms with Gasteiger partial charge in [-0.25, -0.2) is 0 Å². The lowest BCUT2D eigenvalue weighted by Crippen LogP contribution is -2.66. The Labute approximate surface area is 168 Å². The SMILES string of the molecule is CCCCC[Si]1(CCCCC)CCCO[Si]1(CCCCC)CCCCC. The maximum Gasteiger partial charge on any atom is 0.180 e. The summed E-state index contributed by atoms with van der Waals surface area (Å²) in [4.78, 5) is 0. The third kappa shape index (κ3) is 7.43. The number of hydrogen-bond acceptors (Lipinski definition) is 1. The molecule has 0 radical (unpaired) electrons. The van der Waals surface area contributed by atoms with Crippen molar-refractivity contribution in [2.24, 2.45) is 0 Å². The van der Waals surface area contributed by atoms with Gasteiger partial charge >= 0.3 is 0 Å². The van der Waals surface area contributed by atoms with E-state index in [1.165, 1.54) is 95.6 Å². The van der Waals surface area contributed by atoms with Crippen LogP contribution in [0.4, 0.5) is 0 Å². The van der Waals surface area contributed by atoms with Crippen LogP contribution in [0.1, 0.15) is 111 Å². The molecule has 0 spiro atoms. The van der Waals surface area contributed by atoms with Crippen LogP contribution in [0, 0.1) is 0 Å². The molecular weight excluding hydrogens is 348 g/mol. The van der Waals surface area contributed by atoms with Gasteiger partial charge in [0.05, 0.1) is 7.59 Å². The Balaban J connectivity index is 3.01. The molecule has 1 rings (SSSR count). The molecule has 0 amide bonds. The van der Waals surface area contributed by atoms with Gasteiger partial charge in [-0.1, -0.05) is 123 Å². The van der Waals surface area contributed by atoms with Gasteiger partial charge in [0.2, 0.25) is 0 Å². The van der Waals surface area contributed by atoms with Crippen molar-refractivity contribution in [2.75, 3.05) is 6.61 Å². The molecule has 0 aromatic carbocycles. The number of unbranched alkanes of at least 4 members (excludes halogenated alkanes) is 8. The topological polar surface area (TPSA) is 9.23 Å². The zero-order chi connectivity index (χ0) is 19.1. The smallest absolute Gasteiger partial charge is 0.180 e. The highest BCUT2D eigenvalue weighted by Crippen LogP contribution is 2.45. The van der Waals surface area contributed by atoms with E-state index in [1.54, 1.807) is 18.1 Å². The molecule has 0 unspecified atom stereocenters. The van der Waals surface area contributed by atoms with Gasteiger partial charge in [0.15, 0.2) is 7.83 Å². The Bertz CT molecular complexity index is 280. The summed E-state index contributed by atoms with van der Waals surface area (Å²) in [6, 6.07) is 7.92. The van der Waals surface area contributed by atoms with Gasteiger partial charge in [-0.05, 0) is 18.5 Å². The standard InChI is InChI=1S/C23H50OSi2/c1-5-9-13-19-25(20-14-10-6-2)21-17-18-24-26(25,22-15-11-7-3)23-16-12-8-4/h5-23H2,1-4H3. The van der Waals surface area contributed by atoms with Crippen LogP contribution < -0.4 is 0 Å². The quantitative estimate of drug-likeness (QED) is 0.187. The van der Waals surface area contributed by atoms with E-state index < -0.39 is 15.4 Å². The van der Waals surface area contributed by atoms with Crippen LogP contribution in [0.25, 0.3) is 0 Å². The van der Waals surface area contributed by atoms with Crippen molar-refractivity contribution in [3.05, 3.63) is 0 Å². The summed E-state index contributed by atoms with van der Waals surface area (Å²) in [6.45, 7) is 10.6. The van der Waals surface area contributed by atoms with E-state index in [1.807, 2.05) is 0 Å². The molecule has 1 nitrogen and oxygen atoms in total. The normalized spacial score (nSPS) is 18.9. The predicted molar refractivity (Wildman–Crippen MR) is 124 cm³/mol. The molecule has 0 atom stereocenters. The molecule has 3 heteroatoms. The summed E-state index contributed by atoms with van der Waals surface area (Å²) < 4.78 is 7.04. The molecule has 0 saturated carbocycles. The summed E-state index contributed by atoms with van der Waals surface area (Å²) in [6.07, 6.45) is 18.6. The maximum absolute atomic E-state index is 7.04. The molecule has 1 fully saturated rings. The van der Waals surface area contributed by atoms with Crippen molar-refractivity contribution < 1.29 is 4.43 Å². The van der Waals surface area contributed by atoms with Crippen molar-refractivity contribution in [1.29, 1.82) is 0 Å². The second-order valence-electron chi connectivity index (χ2n) is 9.06. The highest BCUT2D eigenvalue weighted by molar-refractivity contribution is 7.40. The van der Waals surface area contributed by atoms with Crippen LogP contribution in [0.5, 0.6) is 0 Å². The minimum absolute atomic E-state index is 1.11. The first-order valence-electron chi connectivity index (χ1n) is 12.3. The maximum atomic E-state index is 7.04. The van der Waals surface area contributed by atoms with E-state index in [2.05, 4.69) is 27.7 Å². The highest BCUT2D eigenvalue weighted by Gasteiger charge is 2.55. The Morgan fingerprint density at radius 3 is 1.42 bits per heavy atom. The fourth-order valence-electron chi connectivity index (χ4n) is 5.44. The van der Waals surface area contributed by atoms with Crippen LogP contribution in [0.3, 0.4) is 0 Å². The highest BCUT2D eigenvalue weighted by atomic mass is 29.3. The van der Waals surface area contributed by atoms with Crippen molar-refractivity contribution in [2.45, 2.75) is 141 Å². The van der Waals surface area contributed by atoms with Gasteiger partial charge in [-0.3, -0.25) is 0 Å². The third-order valence-electron chi connectivity index (χ3n) is 7.03. The lowest BCUT2D eigenvalue weighted by atomic mass is 10.3. The summed E-state index contributed by atoms with van der Waals surface area (Å²) in [5.74, 6) is 0. The number of rotatable bonds is 16. The molecular formula is C23H50OSi2. The van der Waals surface area contributed by atoms with E-state index in [4.69, 9.17) is 4.43 Å². The minimum Gasteiger partial charge on any atom is -0.419 e. The van der Waals surface area contributed by atoms with E-state index in [9.17, 15) is 0 Å². The van der Waals surface area contributed by atoms with Crippen LogP contribution in [-0.2, 0) is 4.43 Å². The van der Waals surface area contributed by atoms with Crippen LogP contribution >= 0.6 is 0 Å². The van der Waals surface area contributed by atoms with Gasteiger partial charge in [0, 0.05) is 6.61 Å². The molecule has 26 heavy (non-hydrogen) atoms. The lowest BCUT2D eigenvalue weighted by Gasteiger charge is -2.51. The van der Waals surface area contributed by atoms with Gasteiger partial charge < -0.3 is 4.43 Å². The van der Waals surface area contributed by atoms with Gasteiger partial charge in [-0.2, -0.15) is 0 Å². The summed E-state index contributed by atoms with van der Waals surface area (Å²) in [5.41, 5.74) is 0. The largest absolute Gasteiger partial charge is 0.419 e. The molecule has 0 N–H and O–H groups in total. The Morgan fingerprint density at radius 1 is 0.577 bits per heavy atom. The van der Waals surface area contributed by atoms with Crippen molar-refractivity contribution in [3.8, 4) is 0 Å². The van der Waals surface area contributed by atoms with Crippen molar-refractivity contribution >= 4 is 15.4 Å². The van der Waals surface area contributed by atoms with Crippen LogP contribution in [0.15, 0.2) is 0 Å². The van der Waals surface area contributed by atoms with E-state index in [0.29, 0.717) is 0 Å². The fourth-order valence-corrected chi connectivity index (χ4v) is 25.5. The average Bonchev–Trinajstić information content (AvgIpc) is 2.65. The lowest BCUT2D eigenvalue weighted by molar-refractivity contribution is 0.294. The van der Waals surface area contributed by atoms with E-state index >= 15 is 0 Å². The van der Waals surface area contributed by atoms with Crippen LogP contribution in [0.2, 0.25) is 30.2 Å². The van der Waals surface area contributed by atoms with Gasteiger partial charge in [0.25, 0.3) is 0 Å². The number of hydrogen-bond donors (Lipinski definition) is 0.